The fourth-order valence-electron chi connectivity index (χ4n) is 3.05. The molecule has 3 rings (SSSR count). The molecule has 3 aromatic rings. The van der Waals surface area contributed by atoms with Crippen LogP contribution >= 0.6 is 0 Å². The summed E-state index contributed by atoms with van der Waals surface area (Å²) in [6, 6.07) is 12.8. The second-order valence-corrected chi connectivity index (χ2v) is 7.03. The molecule has 2 aromatic carbocycles. The molecule has 1 N–H and O–H groups in total. The summed E-state index contributed by atoms with van der Waals surface area (Å²) < 4.78 is 11.5. The fraction of sp³-hybridized carbons (Fsp3) is 0.318. The zero-order valence-corrected chi connectivity index (χ0v) is 16.7. The van der Waals surface area contributed by atoms with Crippen LogP contribution in [-0.2, 0) is 20.9 Å². The van der Waals surface area contributed by atoms with Crippen molar-refractivity contribution >= 4 is 23.0 Å². The molecule has 0 spiro atoms. The molecule has 0 saturated carbocycles. The molecule has 7 nitrogen and oxygen atoms in total. The molecule has 0 radical (unpaired) electrons. The third-order valence-electron chi connectivity index (χ3n) is 4.89. The van der Waals surface area contributed by atoms with Crippen LogP contribution in [0.5, 0.6) is 0 Å². The molecular weight excluding hydrogens is 372 g/mol. The molecule has 1 atom stereocenters. The van der Waals surface area contributed by atoms with Gasteiger partial charge >= 0.3 is 11.7 Å². The highest BCUT2D eigenvalue weighted by Gasteiger charge is 2.14. The maximum Gasteiger partial charge on any atom is 0.419 e. The Morgan fingerprint density at radius 1 is 1.14 bits per heavy atom. The average molecular weight is 396 g/mol. The number of amides is 1. The summed E-state index contributed by atoms with van der Waals surface area (Å²) in [7, 11) is 0. The lowest BCUT2D eigenvalue weighted by atomic mass is 10.0. The molecule has 0 aliphatic carbocycles. The Morgan fingerprint density at radius 2 is 1.90 bits per heavy atom. The van der Waals surface area contributed by atoms with Crippen molar-refractivity contribution in [1.29, 1.82) is 0 Å². The van der Waals surface area contributed by atoms with Gasteiger partial charge in [-0.3, -0.25) is 14.2 Å². The van der Waals surface area contributed by atoms with E-state index in [4.69, 9.17) is 9.15 Å². The maximum absolute atomic E-state index is 12.1. The fourth-order valence-corrected chi connectivity index (χ4v) is 3.05. The predicted octanol–water partition coefficient (Wildman–Crippen LogP) is 3.02. The van der Waals surface area contributed by atoms with Crippen LogP contribution in [0.4, 0.5) is 0 Å². The number of esters is 1. The molecule has 1 unspecified atom stereocenters. The van der Waals surface area contributed by atoms with Crippen molar-refractivity contribution in [2.75, 3.05) is 6.61 Å². The van der Waals surface area contributed by atoms with Gasteiger partial charge in [0, 0.05) is 6.54 Å². The van der Waals surface area contributed by atoms with Crippen molar-refractivity contribution < 1.29 is 18.7 Å². The van der Waals surface area contributed by atoms with E-state index in [1.165, 1.54) is 10.1 Å². The summed E-state index contributed by atoms with van der Waals surface area (Å²) in [5.74, 6) is -1.47. The number of hydrogen-bond acceptors (Lipinski definition) is 5. The number of aryl methyl sites for hydroxylation is 3. The molecular formula is C22H24N2O5. The normalized spacial score (nSPS) is 12.0. The molecule has 0 aliphatic heterocycles. The van der Waals surface area contributed by atoms with Gasteiger partial charge in [-0.25, -0.2) is 4.79 Å². The van der Waals surface area contributed by atoms with E-state index in [1.54, 1.807) is 24.3 Å². The van der Waals surface area contributed by atoms with E-state index in [0.29, 0.717) is 11.1 Å². The summed E-state index contributed by atoms with van der Waals surface area (Å²) in [5, 5.41) is 2.81. The summed E-state index contributed by atoms with van der Waals surface area (Å²) >= 11 is 0. The van der Waals surface area contributed by atoms with Crippen LogP contribution in [-0.4, -0.2) is 23.1 Å². The van der Waals surface area contributed by atoms with E-state index in [0.717, 1.165) is 11.1 Å². The molecule has 29 heavy (non-hydrogen) atoms. The number of oxazole rings is 1. The topological polar surface area (TPSA) is 90.5 Å². The third-order valence-corrected chi connectivity index (χ3v) is 4.89. The largest absolute Gasteiger partial charge is 0.456 e. The van der Waals surface area contributed by atoms with E-state index in [9.17, 15) is 14.4 Å². The molecule has 1 amide bonds. The monoisotopic (exact) mass is 396 g/mol. The van der Waals surface area contributed by atoms with Gasteiger partial charge in [0.2, 0.25) is 0 Å². The van der Waals surface area contributed by atoms with Crippen LogP contribution in [0.25, 0.3) is 11.1 Å². The number of nitrogens with zero attached hydrogens (tertiary/aromatic N) is 1. The lowest BCUT2D eigenvalue weighted by Crippen LogP contribution is -2.31. The highest BCUT2D eigenvalue weighted by Crippen LogP contribution is 2.16. The quantitative estimate of drug-likeness (QED) is 0.620. The molecule has 0 aliphatic rings. The summed E-state index contributed by atoms with van der Waals surface area (Å²) in [4.78, 5) is 36.0. The minimum absolute atomic E-state index is 0.0383. The number of benzene rings is 2. The van der Waals surface area contributed by atoms with E-state index in [1.807, 2.05) is 39.0 Å². The van der Waals surface area contributed by atoms with E-state index in [-0.39, 0.29) is 31.5 Å². The molecule has 0 fully saturated rings. The Labute approximate surface area is 168 Å². The van der Waals surface area contributed by atoms with E-state index >= 15 is 0 Å². The summed E-state index contributed by atoms with van der Waals surface area (Å²) in [6.45, 7) is 5.68. The van der Waals surface area contributed by atoms with Gasteiger partial charge in [0.05, 0.1) is 18.0 Å². The predicted molar refractivity (Wildman–Crippen MR) is 109 cm³/mol. The Morgan fingerprint density at radius 3 is 2.66 bits per heavy atom. The first-order chi connectivity index (χ1) is 13.8. The Bertz CT molecular complexity index is 1100. The number of aromatic nitrogens is 1. The van der Waals surface area contributed by atoms with Crippen molar-refractivity contribution in [3.63, 3.8) is 0 Å². The average Bonchev–Trinajstić information content (AvgIpc) is 3.01. The molecule has 0 saturated heterocycles. The molecule has 1 heterocycles. The standard InChI is InChI=1S/C22H24N2O5/c1-14-8-9-17(12-15(14)2)16(3)23-20(25)13-28-21(26)10-11-24-18-6-4-5-7-19(18)29-22(24)27/h4-9,12,16H,10-11,13H2,1-3H3,(H,23,25). The van der Waals surface area contributed by atoms with Gasteiger partial charge in [0.1, 0.15) is 0 Å². The summed E-state index contributed by atoms with van der Waals surface area (Å²) in [5.41, 5.74) is 4.40. The number of carbonyl (C=O) groups is 2. The maximum atomic E-state index is 12.1. The first-order valence-corrected chi connectivity index (χ1v) is 9.45. The second kappa shape index (κ2) is 8.77. The Balaban J connectivity index is 1.48. The van der Waals surface area contributed by atoms with Crippen LogP contribution in [0.3, 0.4) is 0 Å². The van der Waals surface area contributed by atoms with Gasteiger partial charge in [-0.1, -0.05) is 30.3 Å². The van der Waals surface area contributed by atoms with Crippen molar-refractivity contribution in [3.05, 3.63) is 69.7 Å². The number of rotatable bonds is 7. The lowest BCUT2D eigenvalue weighted by molar-refractivity contribution is -0.148. The lowest BCUT2D eigenvalue weighted by Gasteiger charge is -2.15. The number of nitrogens with one attached hydrogen (secondary N) is 1. The van der Waals surface area contributed by atoms with E-state index in [2.05, 4.69) is 5.32 Å². The number of para-hydroxylation sites is 2. The first kappa shape index (κ1) is 20.4. The van der Waals surface area contributed by atoms with Crippen molar-refractivity contribution in [1.82, 2.24) is 9.88 Å². The van der Waals surface area contributed by atoms with Gasteiger partial charge in [0.25, 0.3) is 5.91 Å². The summed E-state index contributed by atoms with van der Waals surface area (Å²) in [6.07, 6.45) is -0.0383. The minimum atomic E-state index is -0.559. The second-order valence-electron chi connectivity index (χ2n) is 7.03. The van der Waals surface area contributed by atoms with Gasteiger partial charge in [-0.05, 0) is 49.6 Å². The van der Waals surface area contributed by atoms with Crippen LogP contribution in [0, 0.1) is 13.8 Å². The number of carbonyl (C=O) groups excluding carboxylic acids is 2. The number of hydrogen-bond donors (Lipinski definition) is 1. The van der Waals surface area contributed by atoms with E-state index < -0.39 is 11.7 Å². The SMILES string of the molecule is Cc1ccc(C(C)NC(=O)COC(=O)CCn2c(=O)oc3ccccc32)cc1C. The smallest absolute Gasteiger partial charge is 0.419 e. The van der Waals surface area contributed by atoms with Gasteiger partial charge in [-0.2, -0.15) is 0 Å². The molecule has 1 aromatic heterocycles. The van der Waals surface area contributed by atoms with Crippen LogP contribution in [0.15, 0.2) is 51.7 Å². The molecule has 0 bridgehead atoms. The van der Waals surface area contributed by atoms with Crippen LogP contribution < -0.4 is 11.1 Å². The van der Waals surface area contributed by atoms with Crippen LogP contribution in [0.2, 0.25) is 0 Å². The zero-order valence-electron chi connectivity index (χ0n) is 16.7. The Hall–Kier alpha value is -3.35. The minimum Gasteiger partial charge on any atom is -0.456 e. The van der Waals surface area contributed by atoms with Crippen molar-refractivity contribution in [3.8, 4) is 0 Å². The number of fused-ring (bicyclic) bond motifs is 1. The zero-order chi connectivity index (χ0) is 21.0. The van der Waals surface area contributed by atoms with Gasteiger partial charge in [-0.15, -0.1) is 0 Å². The highest BCUT2D eigenvalue weighted by molar-refractivity contribution is 5.81. The highest BCUT2D eigenvalue weighted by atomic mass is 16.5. The third kappa shape index (κ3) is 4.93. The number of ether oxygens (including phenoxy) is 1. The van der Waals surface area contributed by atoms with Crippen LogP contribution in [0.1, 0.15) is 36.1 Å². The van der Waals surface area contributed by atoms with Crippen molar-refractivity contribution in [2.45, 2.75) is 39.8 Å². The Kier molecular flexibility index (Phi) is 6.16. The van der Waals surface area contributed by atoms with Gasteiger partial charge in [0.15, 0.2) is 12.2 Å². The molecule has 7 heteroatoms. The first-order valence-electron chi connectivity index (χ1n) is 9.45. The molecule has 152 valence electrons. The van der Waals surface area contributed by atoms with Crippen molar-refractivity contribution in [2.24, 2.45) is 0 Å². The van der Waals surface area contributed by atoms with Gasteiger partial charge < -0.3 is 14.5 Å².